The van der Waals surface area contributed by atoms with Crippen molar-refractivity contribution in [2.45, 2.75) is 25.0 Å². The number of nitrogens with one attached hydrogen (secondary N) is 2. The highest BCUT2D eigenvalue weighted by atomic mass is 32.2. The fourth-order valence-corrected chi connectivity index (χ4v) is 5.30. The van der Waals surface area contributed by atoms with Crippen LogP contribution in [0.4, 0.5) is 5.69 Å². The summed E-state index contributed by atoms with van der Waals surface area (Å²) in [7, 11) is -0.368. The van der Waals surface area contributed by atoms with Gasteiger partial charge in [0, 0.05) is 12.6 Å². The van der Waals surface area contributed by atoms with Gasteiger partial charge in [-0.15, -0.1) is 0 Å². The molecule has 9 heteroatoms. The van der Waals surface area contributed by atoms with Gasteiger partial charge in [-0.25, -0.2) is 8.42 Å². The number of phenolic OH excluding ortho intramolecular Hbond substituents is 1. The fourth-order valence-electron chi connectivity index (χ4n) is 4.74. The molecular weight excluding hydrogens is 540 g/mol. The first-order valence-electron chi connectivity index (χ1n) is 13.2. The van der Waals surface area contributed by atoms with Crippen molar-refractivity contribution in [2.75, 3.05) is 31.7 Å². The number of aromatic hydroxyl groups is 1. The Balaban J connectivity index is 1.54. The molecule has 0 saturated heterocycles. The normalized spacial score (nSPS) is 12.9. The lowest BCUT2D eigenvalue weighted by Gasteiger charge is -2.23. The third-order valence-corrected chi connectivity index (χ3v) is 7.30. The van der Waals surface area contributed by atoms with Crippen LogP contribution in [0.15, 0.2) is 91.0 Å². The summed E-state index contributed by atoms with van der Waals surface area (Å²) in [6.45, 7) is 0.271. The minimum Gasteiger partial charge on any atom is -0.506 e. The molecule has 4 aromatic carbocycles. The molecule has 0 spiro atoms. The largest absolute Gasteiger partial charge is 0.506 e. The number of rotatable bonds is 13. The van der Waals surface area contributed by atoms with Crippen molar-refractivity contribution in [1.29, 1.82) is 0 Å². The summed E-state index contributed by atoms with van der Waals surface area (Å²) in [5.74, 6) is 1.07. The Bertz CT molecular complexity index is 1560. The monoisotopic (exact) mass is 576 g/mol. The lowest BCUT2D eigenvalue weighted by atomic mass is 9.95. The van der Waals surface area contributed by atoms with Crippen LogP contribution in [0.2, 0.25) is 0 Å². The van der Waals surface area contributed by atoms with Crippen molar-refractivity contribution in [1.82, 2.24) is 5.32 Å². The topological polar surface area (TPSA) is 117 Å². The molecule has 8 nitrogen and oxygen atoms in total. The molecule has 0 bridgehead atoms. The van der Waals surface area contributed by atoms with E-state index in [2.05, 4.69) is 40.4 Å². The predicted molar refractivity (Wildman–Crippen MR) is 162 cm³/mol. The predicted octanol–water partition coefficient (Wildman–Crippen LogP) is 4.92. The zero-order chi connectivity index (χ0) is 29.4. The molecule has 4 N–H and O–H groups in total. The van der Waals surface area contributed by atoms with E-state index < -0.39 is 16.1 Å². The SMILES string of the molecule is COc1ccc(C(Cc2cccc(-c3ccccc3)c2)NCC(O)Cc2ccc(O)c(NS(C)(=O)=O)c2)cc1OC. The lowest BCUT2D eigenvalue weighted by molar-refractivity contribution is 0.167. The van der Waals surface area contributed by atoms with Crippen LogP contribution in [0.25, 0.3) is 11.1 Å². The van der Waals surface area contributed by atoms with E-state index in [1.807, 2.05) is 42.5 Å². The van der Waals surface area contributed by atoms with Crippen LogP contribution in [-0.2, 0) is 22.9 Å². The molecule has 2 unspecified atom stereocenters. The summed E-state index contributed by atoms with van der Waals surface area (Å²) in [6.07, 6.45) is 1.16. The van der Waals surface area contributed by atoms with E-state index in [-0.39, 0.29) is 30.4 Å². The summed E-state index contributed by atoms with van der Waals surface area (Å²) < 4.78 is 36.5. The number of methoxy groups -OCH3 is 2. The van der Waals surface area contributed by atoms with E-state index in [0.29, 0.717) is 23.5 Å². The molecule has 0 radical (unpaired) electrons. The molecule has 0 saturated carbocycles. The maximum Gasteiger partial charge on any atom is 0.229 e. The van der Waals surface area contributed by atoms with Crippen molar-refractivity contribution in [3.63, 3.8) is 0 Å². The van der Waals surface area contributed by atoms with Crippen LogP contribution in [0, 0.1) is 0 Å². The quantitative estimate of drug-likeness (QED) is 0.167. The summed E-state index contributed by atoms with van der Waals surface area (Å²) in [6, 6.07) is 28.8. The van der Waals surface area contributed by atoms with Gasteiger partial charge in [-0.05, 0) is 64.9 Å². The van der Waals surface area contributed by atoms with Gasteiger partial charge >= 0.3 is 0 Å². The molecule has 0 heterocycles. The minimum atomic E-state index is -3.56. The number of anilines is 1. The molecule has 0 aliphatic carbocycles. The second kappa shape index (κ2) is 13.5. The highest BCUT2D eigenvalue weighted by molar-refractivity contribution is 7.92. The molecule has 0 amide bonds. The van der Waals surface area contributed by atoms with Gasteiger partial charge in [-0.3, -0.25) is 4.72 Å². The second-order valence-corrected chi connectivity index (χ2v) is 11.7. The molecule has 41 heavy (non-hydrogen) atoms. The zero-order valence-electron chi connectivity index (χ0n) is 23.4. The first-order valence-corrected chi connectivity index (χ1v) is 15.1. The van der Waals surface area contributed by atoms with Gasteiger partial charge in [-0.2, -0.15) is 0 Å². The highest BCUT2D eigenvalue weighted by Crippen LogP contribution is 2.32. The van der Waals surface area contributed by atoms with Gasteiger partial charge in [-0.1, -0.05) is 66.7 Å². The number of hydrogen-bond donors (Lipinski definition) is 4. The van der Waals surface area contributed by atoms with Gasteiger partial charge in [0.25, 0.3) is 0 Å². The Hall–Kier alpha value is -4.05. The Morgan fingerprint density at radius 2 is 1.49 bits per heavy atom. The summed E-state index contributed by atoms with van der Waals surface area (Å²) >= 11 is 0. The van der Waals surface area contributed by atoms with Crippen molar-refractivity contribution >= 4 is 15.7 Å². The number of benzene rings is 4. The van der Waals surface area contributed by atoms with Crippen LogP contribution < -0.4 is 19.5 Å². The average Bonchev–Trinajstić information content (AvgIpc) is 2.96. The second-order valence-electron chi connectivity index (χ2n) is 9.93. The van der Waals surface area contributed by atoms with Crippen LogP contribution in [0.1, 0.15) is 22.7 Å². The van der Waals surface area contributed by atoms with E-state index in [9.17, 15) is 18.6 Å². The van der Waals surface area contributed by atoms with Gasteiger partial charge in [0.2, 0.25) is 10.0 Å². The molecule has 0 aromatic heterocycles. The minimum absolute atomic E-state index is 0.0756. The number of sulfonamides is 1. The molecular formula is C32H36N2O6S. The standard InChI is InChI=1S/C32H36N2O6S/c1-39-31-15-13-26(20-32(31)40-2)28(18-22-8-7-11-25(16-22)24-9-5-4-6-10-24)33-21-27(35)17-23-12-14-30(36)29(19-23)34-41(3,37)38/h4-16,19-20,27-28,33-36H,17-18,21H2,1-3H3. The smallest absolute Gasteiger partial charge is 0.229 e. The Morgan fingerprint density at radius 1 is 0.780 bits per heavy atom. The maximum atomic E-state index is 11.6. The molecule has 0 aliphatic rings. The van der Waals surface area contributed by atoms with Crippen molar-refractivity contribution < 1.29 is 28.1 Å². The van der Waals surface area contributed by atoms with E-state index in [4.69, 9.17) is 9.47 Å². The van der Waals surface area contributed by atoms with Crippen LogP contribution in [-0.4, -0.2) is 51.8 Å². The van der Waals surface area contributed by atoms with Crippen LogP contribution in [0.3, 0.4) is 0 Å². The fraction of sp³-hybridized carbons (Fsp3) is 0.250. The molecule has 0 fully saturated rings. The van der Waals surface area contributed by atoms with Crippen molar-refractivity contribution in [3.05, 3.63) is 108 Å². The van der Waals surface area contributed by atoms with E-state index in [0.717, 1.165) is 28.5 Å². The Kier molecular flexibility index (Phi) is 9.88. The summed E-state index contributed by atoms with van der Waals surface area (Å²) in [5.41, 5.74) is 5.12. The number of aliphatic hydroxyl groups excluding tert-OH is 1. The highest BCUT2D eigenvalue weighted by Gasteiger charge is 2.18. The van der Waals surface area contributed by atoms with E-state index in [1.165, 1.54) is 12.1 Å². The van der Waals surface area contributed by atoms with Crippen molar-refractivity contribution in [2.24, 2.45) is 0 Å². The third-order valence-electron chi connectivity index (χ3n) is 6.71. The van der Waals surface area contributed by atoms with Gasteiger partial charge in [0.15, 0.2) is 11.5 Å². The number of ether oxygens (including phenoxy) is 2. The zero-order valence-corrected chi connectivity index (χ0v) is 24.2. The molecule has 0 aliphatic heterocycles. The van der Waals surface area contributed by atoms with Gasteiger partial charge < -0.3 is 25.0 Å². The van der Waals surface area contributed by atoms with Crippen LogP contribution in [0.5, 0.6) is 17.2 Å². The van der Waals surface area contributed by atoms with E-state index >= 15 is 0 Å². The molecule has 2 atom stereocenters. The number of phenols is 1. The Morgan fingerprint density at radius 3 is 2.20 bits per heavy atom. The first-order chi connectivity index (χ1) is 19.6. The Labute approximate surface area is 241 Å². The van der Waals surface area contributed by atoms with Gasteiger partial charge in [0.05, 0.1) is 32.3 Å². The third kappa shape index (κ3) is 8.47. The van der Waals surface area contributed by atoms with E-state index in [1.54, 1.807) is 20.3 Å². The van der Waals surface area contributed by atoms with Crippen LogP contribution >= 0.6 is 0 Å². The lowest BCUT2D eigenvalue weighted by Crippen LogP contribution is -2.32. The van der Waals surface area contributed by atoms with Gasteiger partial charge in [0.1, 0.15) is 5.75 Å². The molecule has 4 rings (SSSR count). The van der Waals surface area contributed by atoms with Crippen molar-refractivity contribution in [3.8, 4) is 28.4 Å². The molecule has 4 aromatic rings. The maximum absolute atomic E-state index is 11.6. The number of aliphatic hydroxyl groups is 1. The average molecular weight is 577 g/mol. The summed E-state index contributed by atoms with van der Waals surface area (Å²) in [5, 5.41) is 24.5. The molecule has 216 valence electrons. The summed E-state index contributed by atoms with van der Waals surface area (Å²) in [4.78, 5) is 0. The first kappa shape index (κ1) is 29.9. The number of hydrogen-bond acceptors (Lipinski definition) is 7.